The van der Waals surface area contributed by atoms with Crippen LogP contribution in [0.2, 0.25) is 0 Å². The van der Waals surface area contributed by atoms with Crippen LogP contribution in [0.25, 0.3) is 0 Å². The van der Waals surface area contributed by atoms with Crippen molar-refractivity contribution in [3.8, 4) is 0 Å². The van der Waals surface area contributed by atoms with Crippen LogP contribution in [-0.4, -0.2) is 60.6 Å². The normalized spacial score (nSPS) is 19.3. The van der Waals surface area contributed by atoms with Crippen LogP contribution in [-0.2, 0) is 24.5 Å². The van der Waals surface area contributed by atoms with E-state index in [1.54, 1.807) is 41.5 Å². The van der Waals surface area contributed by atoms with E-state index in [1.807, 2.05) is 30.3 Å². The summed E-state index contributed by atoms with van der Waals surface area (Å²) in [5.41, 5.74) is 4.74. The first-order valence-electron chi connectivity index (χ1n) is 11.2. The molecule has 0 bridgehead atoms. The number of nitrogens with one attached hydrogen (secondary N) is 1. The molecule has 2 rings (SSSR count). The first-order chi connectivity index (χ1) is 15.5. The summed E-state index contributed by atoms with van der Waals surface area (Å²) in [6.07, 6.45) is 0.326. The summed E-state index contributed by atoms with van der Waals surface area (Å²) in [5, 5.41) is 8.92. The van der Waals surface area contributed by atoms with Gasteiger partial charge in [0.2, 0.25) is 21.8 Å². The van der Waals surface area contributed by atoms with Gasteiger partial charge in [0.25, 0.3) is 0 Å². The zero-order chi connectivity index (χ0) is 25.9. The largest absolute Gasteiger partial charge is 0.330 e. The highest BCUT2D eigenvalue weighted by molar-refractivity contribution is 8.14. The number of carbonyl (C=O) groups is 2. The van der Waals surface area contributed by atoms with E-state index in [9.17, 15) is 18.0 Å². The number of likely N-dealkylation sites (N-methyl/N-ethyl adjacent to an activating group) is 1. The van der Waals surface area contributed by atoms with E-state index in [2.05, 4.69) is 10.4 Å². The maximum absolute atomic E-state index is 13.6. The molecular formula is C23H37N5O4S2. The Bertz CT molecular complexity index is 1030. The minimum Gasteiger partial charge on any atom is -0.330 e. The van der Waals surface area contributed by atoms with Gasteiger partial charge in [-0.05, 0) is 30.3 Å². The molecule has 1 aromatic carbocycles. The fraction of sp³-hybridized carbons (Fsp3) is 0.609. The van der Waals surface area contributed by atoms with Gasteiger partial charge in [0.15, 0.2) is 10.0 Å². The average molecular weight is 512 g/mol. The van der Waals surface area contributed by atoms with Crippen molar-refractivity contribution in [1.29, 1.82) is 0 Å². The van der Waals surface area contributed by atoms with E-state index < -0.39 is 25.7 Å². The Morgan fingerprint density at radius 2 is 1.71 bits per heavy atom. The van der Waals surface area contributed by atoms with Crippen LogP contribution < -0.4 is 11.1 Å². The fourth-order valence-corrected chi connectivity index (χ4v) is 5.77. The van der Waals surface area contributed by atoms with Crippen LogP contribution in [0.15, 0.2) is 35.4 Å². The van der Waals surface area contributed by atoms with Crippen LogP contribution in [0.4, 0.5) is 0 Å². The number of amides is 2. The molecule has 3 N–H and O–H groups in total. The Morgan fingerprint density at radius 3 is 2.21 bits per heavy atom. The van der Waals surface area contributed by atoms with E-state index in [-0.39, 0.29) is 35.8 Å². The maximum Gasteiger partial charge on any atom is 0.249 e. The Hall–Kier alpha value is -1.95. The molecule has 0 aromatic heterocycles. The van der Waals surface area contributed by atoms with Gasteiger partial charge in [0, 0.05) is 17.9 Å². The number of hydrogen-bond acceptors (Lipinski definition) is 7. The molecule has 1 aromatic rings. The van der Waals surface area contributed by atoms with Crippen molar-refractivity contribution in [2.75, 3.05) is 25.9 Å². The number of nitrogens with zero attached hydrogens (tertiary/aromatic N) is 3. The first-order valence-corrected chi connectivity index (χ1v) is 13.6. The quantitative estimate of drug-likeness (QED) is 0.579. The molecule has 1 unspecified atom stereocenters. The monoisotopic (exact) mass is 511 g/mol. The topological polar surface area (TPSA) is 125 Å². The molecule has 11 heteroatoms. The molecule has 0 saturated carbocycles. The van der Waals surface area contributed by atoms with E-state index in [4.69, 9.17) is 5.73 Å². The average Bonchev–Trinajstić information content (AvgIpc) is 3.09. The van der Waals surface area contributed by atoms with Crippen molar-refractivity contribution < 1.29 is 18.0 Å². The molecule has 2 amide bonds. The molecule has 1 aliphatic heterocycles. The van der Waals surface area contributed by atoms with Gasteiger partial charge in [-0.3, -0.25) is 9.59 Å². The maximum atomic E-state index is 13.6. The zero-order valence-electron chi connectivity index (χ0n) is 21.1. The van der Waals surface area contributed by atoms with E-state index >= 15 is 0 Å². The third-order valence-corrected chi connectivity index (χ3v) is 8.41. The molecular weight excluding hydrogens is 474 g/mol. The smallest absolute Gasteiger partial charge is 0.249 e. The number of carbonyl (C=O) groups excluding carboxylic acids is 2. The van der Waals surface area contributed by atoms with Crippen LogP contribution in [0, 0.1) is 10.8 Å². The summed E-state index contributed by atoms with van der Waals surface area (Å²) in [6, 6.07) is 9.16. The molecule has 0 aliphatic carbocycles. The number of sulfonamides is 1. The SMILES string of the molecule is CN(CC1(c2ccccc2)SC(NC(=O)C(C)(C)C)=NN1C(=O)C(C)(C)C)S(=O)(=O)CCCN. The number of hydrazone groups is 1. The summed E-state index contributed by atoms with van der Waals surface area (Å²) in [7, 11) is -2.15. The second-order valence-corrected chi connectivity index (χ2v) is 13.9. The molecule has 0 saturated heterocycles. The molecule has 0 spiro atoms. The van der Waals surface area contributed by atoms with Gasteiger partial charge in [-0.15, -0.1) is 5.10 Å². The Morgan fingerprint density at radius 1 is 1.12 bits per heavy atom. The summed E-state index contributed by atoms with van der Waals surface area (Å²) >= 11 is 1.17. The number of thioether (sulfide) groups is 1. The Kier molecular flexibility index (Phi) is 8.61. The summed E-state index contributed by atoms with van der Waals surface area (Å²) in [6.45, 7) is 10.9. The lowest BCUT2D eigenvalue weighted by molar-refractivity contribution is -0.143. The van der Waals surface area contributed by atoms with Gasteiger partial charge in [-0.1, -0.05) is 71.9 Å². The summed E-state index contributed by atoms with van der Waals surface area (Å²) in [4.78, 5) is 25.1. The second kappa shape index (κ2) is 10.3. The fourth-order valence-electron chi connectivity index (χ4n) is 3.15. The summed E-state index contributed by atoms with van der Waals surface area (Å²) < 4.78 is 27.2. The van der Waals surface area contributed by atoms with Crippen molar-refractivity contribution in [3.05, 3.63) is 35.9 Å². The van der Waals surface area contributed by atoms with Gasteiger partial charge in [-0.25, -0.2) is 17.7 Å². The molecule has 1 aliphatic rings. The predicted molar refractivity (Wildman–Crippen MR) is 137 cm³/mol. The highest BCUT2D eigenvalue weighted by Crippen LogP contribution is 2.47. The van der Waals surface area contributed by atoms with Crippen molar-refractivity contribution in [1.82, 2.24) is 14.6 Å². The summed E-state index contributed by atoms with van der Waals surface area (Å²) in [5.74, 6) is -0.650. The number of amidine groups is 1. The van der Waals surface area contributed by atoms with Gasteiger partial charge in [0.05, 0.1) is 12.3 Å². The lowest BCUT2D eigenvalue weighted by Gasteiger charge is -2.40. The van der Waals surface area contributed by atoms with Gasteiger partial charge in [0.1, 0.15) is 0 Å². The lowest BCUT2D eigenvalue weighted by Crippen LogP contribution is -2.52. The molecule has 1 heterocycles. The number of rotatable bonds is 7. The highest BCUT2D eigenvalue weighted by Gasteiger charge is 2.52. The Labute approximate surface area is 207 Å². The number of nitrogens with two attached hydrogens (primary N) is 1. The predicted octanol–water partition coefficient (Wildman–Crippen LogP) is 2.50. The van der Waals surface area contributed by atoms with E-state index in [1.165, 1.54) is 28.1 Å². The van der Waals surface area contributed by atoms with Crippen LogP contribution in [0.3, 0.4) is 0 Å². The molecule has 190 valence electrons. The molecule has 0 fully saturated rings. The van der Waals surface area contributed by atoms with Crippen LogP contribution in [0.5, 0.6) is 0 Å². The van der Waals surface area contributed by atoms with Crippen molar-refractivity contribution in [3.63, 3.8) is 0 Å². The van der Waals surface area contributed by atoms with Crippen molar-refractivity contribution in [2.24, 2.45) is 21.7 Å². The molecule has 1 atom stereocenters. The van der Waals surface area contributed by atoms with Gasteiger partial charge >= 0.3 is 0 Å². The van der Waals surface area contributed by atoms with Gasteiger partial charge < -0.3 is 11.1 Å². The molecule has 9 nitrogen and oxygen atoms in total. The zero-order valence-corrected chi connectivity index (χ0v) is 22.7. The minimum absolute atomic E-state index is 0.0607. The third kappa shape index (κ3) is 6.38. The van der Waals surface area contributed by atoms with E-state index in [0.717, 1.165) is 0 Å². The van der Waals surface area contributed by atoms with E-state index in [0.29, 0.717) is 12.0 Å². The number of hydrogen-bond donors (Lipinski definition) is 2. The van der Waals surface area contributed by atoms with Crippen LogP contribution >= 0.6 is 11.8 Å². The third-order valence-electron chi connectivity index (χ3n) is 5.28. The lowest BCUT2D eigenvalue weighted by atomic mass is 9.93. The minimum atomic E-state index is -3.64. The van der Waals surface area contributed by atoms with Crippen molar-refractivity contribution >= 4 is 38.8 Å². The van der Waals surface area contributed by atoms with Crippen LogP contribution in [0.1, 0.15) is 53.5 Å². The second-order valence-electron chi connectivity index (χ2n) is 10.4. The Balaban J connectivity index is 2.61. The van der Waals surface area contributed by atoms with Gasteiger partial charge in [-0.2, -0.15) is 0 Å². The first kappa shape index (κ1) is 28.3. The molecule has 0 radical (unpaired) electrons. The van der Waals surface area contributed by atoms with Crippen molar-refractivity contribution in [2.45, 2.75) is 52.8 Å². The molecule has 34 heavy (non-hydrogen) atoms. The highest BCUT2D eigenvalue weighted by atomic mass is 32.2. The number of benzene rings is 1. The standard InChI is InChI=1S/C23H37N5O4S2/c1-21(2,3)18(29)25-20-26-28(19(30)22(4,5)6)23(33-20,17-12-9-8-10-13-17)16-27(7)34(31,32)15-11-14-24/h8-10,12-13H,11,14-16,24H2,1-7H3,(H,25,26,29).